The first kappa shape index (κ1) is 11.8. The summed E-state index contributed by atoms with van der Waals surface area (Å²) in [7, 11) is 0. The second-order valence-corrected chi connectivity index (χ2v) is 3.49. The fourth-order valence-corrected chi connectivity index (χ4v) is 1.18. The number of hydrogen-bond acceptors (Lipinski definition) is 2. The van der Waals surface area contributed by atoms with Gasteiger partial charge in [-0.25, -0.2) is 0 Å². The molecule has 3 heteroatoms. The molecule has 15 heavy (non-hydrogen) atoms. The third kappa shape index (κ3) is 3.40. The zero-order valence-electron chi connectivity index (χ0n) is 8.63. The molecule has 0 heterocycles. The number of carbonyl (C=O) groups excluding carboxylic acids is 1. The van der Waals surface area contributed by atoms with E-state index in [-0.39, 0.29) is 5.78 Å². The zero-order valence-corrected chi connectivity index (χ0v) is 9.38. The van der Waals surface area contributed by atoms with Crippen molar-refractivity contribution >= 4 is 17.4 Å². The average molecular weight is 225 g/mol. The Balaban J connectivity index is 2.76. The van der Waals surface area contributed by atoms with Gasteiger partial charge in [0.05, 0.1) is 5.56 Å². The number of benzene rings is 1. The maximum atomic E-state index is 11.3. The van der Waals surface area contributed by atoms with Crippen molar-refractivity contribution in [3.63, 3.8) is 0 Å². The van der Waals surface area contributed by atoms with Gasteiger partial charge in [-0.05, 0) is 24.6 Å². The van der Waals surface area contributed by atoms with Gasteiger partial charge in [0.2, 0.25) is 0 Å². The standard InChI is InChI=1S/C12H13ClO2/c1-9(7-13)8-15-12-6-4-3-5-11(12)10(2)14/h3-6H,1,7-8H2,2H3. The third-order valence-corrected chi connectivity index (χ3v) is 2.27. The van der Waals surface area contributed by atoms with Gasteiger partial charge in [0.1, 0.15) is 12.4 Å². The molecule has 0 bridgehead atoms. The molecule has 0 radical (unpaired) electrons. The largest absolute Gasteiger partial charge is 0.488 e. The maximum absolute atomic E-state index is 11.3. The first-order valence-electron chi connectivity index (χ1n) is 4.60. The Morgan fingerprint density at radius 3 is 2.73 bits per heavy atom. The summed E-state index contributed by atoms with van der Waals surface area (Å²) >= 11 is 5.57. The summed E-state index contributed by atoms with van der Waals surface area (Å²) in [5.41, 5.74) is 1.37. The number of Topliss-reactive ketones (excluding diaryl/α,β-unsaturated/α-hetero) is 1. The molecule has 0 spiro atoms. The molecule has 0 unspecified atom stereocenters. The summed E-state index contributed by atoms with van der Waals surface area (Å²) in [6, 6.07) is 7.13. The number of para-hydroxylation sites is 1. The number of alkyl halides is 1. The topological polar surface area (TPSA) is 26.3 Å². The second kappa shape index (κ2) is 5.56. The van der Waals surface area contributed by atoms with E-state index in [1.165, 1.54) is 6.92 Å². The molecule has 0 saturated carbocycles. The van der Waals surface area contributed by atoms with Crippen molar-refractivity contribution in [2.24, 2.45) is 0 Å². The van der Waals surface area contributed by atoms with Crippen LogP contribution in [0.1, 0.15) is 17.3 Å². The first-order valence-corrected chi connectivity index (χ1v) is 5.14. The van der Waals surface area contributed by atoms with Gasteiger partial charge in [-0.1, -0.05) is 18.7 Å². The number of carbonyl (C=O) groups is 1. The molecule has 0 aliphatic carbocycles. The van der Waals surface area contributed by atoms with E-state index in [0.29, 0.717) is 23.8 Å². The van der Waals surface area contributed by atoms with Crippen LogP contribution in [-0.4, -0.2) is 18.3 Å². The number of hydrogen-bond donors (Lipinski definition) is 0. The highest BCUT2D eigenvalue weighted by Gasteiger charge is 2.07. The van der Waals surface area contributed by atoms with Crippen LogP contribution in [0, 0.1) is 0 Å². The van der Waals surface area contributed by atoms with E-state index in [4.69, 9.17) is 16.3 Å². The molecule has 80 valence electrons. The van der Waals surface area contributed by atoms with Crippen LogP contribution in [0.5, 0.6) is 5.75 Å². The van der Waals surface area contributed by atoms with Gasteiger partial charge < -0.3 is 4.74 Å². The van der Waals surface area contributed by atoms with Crippen molar-refractivity contribution in [3.8, 4) is 5.75 Å². The molecule has 0 aromatic heterocycles. The number of rotatable bonds is 5. The molecule has 0 N–H and O–H groups in total. The number of halogens is 1. The smallest absolute Gasteiger partial charge is 0.163 e. The van der Waals surface area contributed by atoms with E-state index in [9.17, 15) is 4.79 Å². The van der Waals surface area contributed by atoms with E-state index < -0.39 is 0 Å². The Labute approximate surface area is 94.5 Å². The van der Waals surface area contributed by atoms with Crippen LogP contribution in [0.3, 0.4) is 0 Å². The number of ether oxygens (including phenoxy) is 1. The van der Waals surface area contributed by atoms with Gasteiger partial charge >= 0.3 is 0 Å². The Bertz CT molecular complexity index is 372. The molecule has 0 fully saturated rings. The van der Waals surface area contributed by atoms with Crippen LogP contribution >= 0.6 is 11.6 Å². The van der Waals surface area contributed by atoms with Crippen molar-refractivity contribution < 1.29 is 9.53 Å². The third-order valence-electron chi connectivity index (χ3n) is 1.89. The van der Waals surface area contributed by atoms with Gasteiger partial charge in [0, 0.05) is 5.88 Å². The van der Waals surface area contributed by atoms with E-state index in [1.807, 2.05) is 6.07 Å². The monoisotopic (exact) mass is 224 g/mol. The van der Waals surface area contributed by atoms with Gasteiger partial charge in [0.25, 0.3) is 0 Å². The predicted molar refractivity (Wildman–Crippen MR) is 61.8 cm³/mol. The fraction of sp³-hybridized carbons (Fsp3) is 0.250. The van der Waals surface area contributed by atoms with Crippen LogP contribution < -0.4 is 4.74 Å². The van der Waals surface area contributed by atoms with E-state index in [1.54, 1.807) is 18.2 Å². The van der Waals surface area contributed by atoms with Gasteiger partial charge in [-0.2, -0.15) is 0 Å². The van der Waals surface area contributed by atoms with Crippen molar-refractivity contribution in [1.82, 2.24) is 0 Å². The van der Waals surface area contributed by atoms with Crippen molar-refractivity contribution in [2.45, 2.75) is 6.92 Å². The SMILES string of the molecule is C=C(CCl)COc1ccccc1C(C)=O. The first-order chi connectivity index (χ1) is 7.15. The Morgan fingerprint density at radius 1 is 1.47 bits per heavy atom. The molecular weight excluding hydrogens is 212 g/mol. The molecule has 0 aliphatic rings. The molecule has 1 rings (SSSR count). The van der Waals surface area contributed by atoms with Crippen LogP contribution in [0.15, 0.2) is 36.4 Å². The molecular formula is C12H13ClO2. The second-order valence-electron chi connectivity index (χ2n) is 3.22. The predicted octanol–water partition coefficient (Wildman–Crippen LogP) is 3.06. The minimum absolute atomic E-state index is 0.0120. The minimum atomic E-state index is -0.0120. The van der Waals surface area contributed by atoms with Gasteiger partial charge in [-0.3, -0.25) is 4.79 Å². The maximum Gasteiger partial charge on any atom is 0.163 e. The Hall–Kier alpha value is -1.28. The molecule has 0 atom stereocenters. The molecule has 2 nitrogen and oxygen atoms in total. The molecule has 1 aromatic carbocycles. The van der Waals surface area contributed by atoms with Gasteiger partial charge in [0.15, 0.2) is 5.78 Å². The van der Waals surface area contributed by atoms with Crippen LogP contribution in [0.4, 0.5) is 0 Å². The van der Waals surface area contributed by atoms with E-state index >= 15 is 0 Å². The van der Waals surface area contributed by atoms with E-state index in [0.717, 1.165) is 5.57 Å². The van der Waals surface area contributed by atoms with Crippen LogP contribution in [-0.2, 0) is 0 Å². The summed E-state index contributed by atoms with van der Waals surface area (Å²) in [6.45, 7) is 5.57. The minimum Gasteiger partial charge on any atom is -0.488 e. The molecule has 0 amide bonds. The Morgan fingerprint density at radius 2 is 2.13 bits per heavy atom. The lowest BCUT2D eigenvalue weighted by atomic mass is 10.1. The normalized spacial score (nSPS) is 9.73. The summed E-state index contributed by atoms with van der Waals surface area (Å²) < 4.78 is 5.45. The lowest BCUT2D eigenvalue weighted by molar-refractivity contribution is 0.101. The molecule has 0 aliphatic heterocycles. The highest BCUT2D eigenvalue weighted by atomic mass is 35.5. The highest BCUT2D eigenvalue weighted by Crippen LogP contribution is 2.18. The van der Waals surface area contributed by atoms with Crippen LogP contribution in [0.25, 0.3) is 0 Å². The van der Waals surface area contributed by atoms with Crippen LogP contribution in [0.2, 0.25) is 0 Å². The van der Waals surface area contributed by atoms with Gasteiger partial charge in [-0.15, -0.1) is 11.6 Å². The Kier molecular flexibility index (Phi) is 4.37. The quantitative estimate of drug-likeness (QED) is 0.437. The van der Waals surface area contributed by atoms with Crippen molar-refractivity contribution in [2.75, 3.05) is 12.5 Å². The highest BCUT2D eigenvalue weighted by molar-refractivity contribution is 6.19. The molecule has 0 saturated heterocycles. The number of ketones is 1. The fourth-order valence-electron chi connectivity index (χ4n) is 1.10. The molecule has 1 aromatic rings. The summed E-state index contributed by atoms with van der Waals surface area (Å²) in [5, 5.41) is 0. The van der Waals surface area contributed by atoms with Crippen molar-refractivity contribution in [1.29, 1.82) is 0 Å². The zero-order chi connectivity index (χ0) is 11.3. The summed E-state index contributed by atoms with van der Waals surface area (Å²) in [6.07, 6.45) is 0. The van der Waals surface area contributed by atoms with Crippen molar-refractivity contribution in [3.05, 3.63) is 42.0 Å². The lowest BCUT2D eigenvalue weighted by Gasteiger charge is -2.09. The summed E-state index contributed by atoms with van der Waals surface area (Å²) in [4.78, 5) is 11.3. The lowest BCUT2D eigenvalue weighted by Crippen LogP contribution is -2.05. The average Bonchev–Trinajstić information content (AvgIpc) is 2.26. The summed E-state index contributed by atoms with van der Waals surface area (Å²) in [5.74, 6) is 0.931. The van der Waals surface area contributed by atoms with E-state index in [2.05, 4.69) is 6.58 Å².